The summed E-state index contributed by atoms with van der Waals surface area (Å²) in [6.07, 6.45) is 4.94. The molecule has 5 nitrogen and oxygen atoms in total. The van der Waals surface area contributed by atoms with Crippen molar-refractivity contribution in [1.82, 2.24) is 15.1 Å². The lowest BCUT2D eigenvalue weighted by Gasteiger charge is -2.34. The Balaban J connectivity index is 1.20. The molecule has 0 saturated carbocycles. The molecule has 0 bridgehead atoms. The van der Waals surface area contributed by atoms with Gasteiger partial charge in [0.25, 0.3) is 0 Å². The Bertz CT molecular complexity index is 862. The Hall–Kier alpha value is -2.66. The summed E-state index contributed by atoms with van der Waals surface area (Å²) in [6.45, 7) is 7.06. The minimum atomic E-state index is 0.132. The first kappa shape index (κ1) is 24.5. The molecule has 34 heavy (non-hydrogen) atoms. The number of nitrogens with zero attached hydrogens (tertiary/aromatic N) is 2. The van der Waals surface area contributed by atoms with E-state index in [-0.39, 0.29) is 17.7 Å². The molecule has 0 unspecified atom stereocenters. The average molecular weight is 462 g/mol. The summed E-state index contributed by atoms with van der Waals surface area (Å²) in [5.41, 5.74) is 2.74. The van der Waals surface area contributed by atoms with E-state index >= 15 is 0 Å². The van der Waals surface area contributed by atoms with E-state index in [1.165, 1.54) is 11.1 Å². The van der Waals surface area contributed by atoms with Crippen LogP contribution >= 0.6 is 0 Å². The summed E-state index contributed by atoms with van der Waals surface area (Å²) >= 11 is 0. The van der Waals surface area contributed by atoms with Crippen molar-refractivity contribution in [3.05, 3.63) is 71.8 Å². The normalized spacial score (nSPS) is 18.2. The van der Waals surface area contributed by atoms with Crippen LogP contribution in [0.1, 0.15) is 56.1 Å². The van der Waals surface area contributed by atoms with Crippen molar-refractivity contribution >= 4 is 11.8 Å². The predicted octanol–water partition coefficient (Wildman–Crippen LogP) is 4.30. The number of hydrogen-bond donors (Lipinski definition) is 1. The first-order chi connectivity index (χ1) is 16.6. The average Bonchev–Trinajstić information content (AvgIpc) is 2.89. The molecular weight excluding hydrogens is 422 g/mol. The van der Waals surface area contributed by atoms with Crippen molar-refractivity contribution in [3.63, 3.8) is 0 Å². The molecule has 4 rings (SSSR count). The van der Waals surface area contributed by atoms with Crippen molar-refractivity contribution in [3.8, 4) is 0 Å². The molecule has 0 radical (unpaired) electrons. The summed E-state index contributed by atoms with van der Waals surface area (Å²) in [4.78, 5) is 28.7. The molecule has 2 heterocycles. The molecule has 2 saturated heterocycles. The van der Waals surface area contributed by atoms with Crippen LogP contribution in [0.5, 0.6) is 0 Å². The molecule has 0 aliphatic carbocycles. The van der Waals surface area contributed by atoms with E-state index in [2.05, 4.69) is 70.9 Å². The first-order valence-corrected chi connectivity index (χ1v) is 13.0. The SMILES string of the molecule is CC(=O)N1CCC(CNC(=O)C2CCN(CCC(c3ccccc3)c3ccccc3)CC2)CC1. The summed E-state index contributed by atoms with van der Waals surface area (Å²) in [7, 11) is 0. The van der Waals surface area contributed by atoms with Crippen LogP contribution in [0.15, 0.2) is 60.7 Å². The van der Waals surface area contributed by atoms with Crippen LogP contribution in [0.4, 0.5) is 0 Å². The Labute approximate surface area is 204 Å². The second-order valence-electron chi connectivity index (χ2n) is 9.97. The van der Waals surface area contributed by atoms with Crippen LogP contribution < -0.4 is 5.32 Å². The van der Waals surface area contributed by atoms with Gasteiger partial charge in [-0.2, -0.15) is 0 Å². The molecule has 2 aromatic carbocycles. The highest BCUT2D eigenvalue weighted by molar-refractivity contribution is 5.78. The molecule has 0 aromatic heterocycles. The summed E-state index contributed by atoms with van der Waals surface area (Å²) in [5.74, 6) is 1.41. The van der Waals surface area contributed by atoms with Crippen LogP contribution in [-0.2, 0) is 9.59 Å². The van der Waals surface area contributed by atoms with Gasteiger partial charge in [0.05, 0.1) is 0 Å². The maximum atomic E-state index is 12.8. The number of carbonyl (C=O) groups is 2. The van der Waals surface area contributed by atoms with E-state index in [1.807, 2.05) is 4.90 Å². The largest absolute Gasteiger partial charge is 0.356 e. The zero-order valence-corrected chi connectivity index (χ0v) is 20.5. The highest BCUT2D eigenvalue weighted by Crippen LogP contribution is 2.29. The number of piperidine rings is 2. The van der Waals surface area contributed by atoms with Crippen LogP contribution in [0.3, 0.4) is 0 Å². The van der Waals surface area contributed by atoms with Crippen molar-refractivity contribution in [2.75, 3.05) is 39.3 Å². The van der Waals surface area contributed by atoms with Crippen LogP contribution in [0, 0.1) is 11.8 Å². The smallest absolute Gasteiger partial charge is 0.223 e. The fourth-order valence-electron chi connectivity index (χ4n) is 5.47. The zero-order chi connectivity index (χ0) is 23.8. The molecule has 0 atom stereocenters. The van der Waals surface area contributed by atoms with Gasteiger partial charge in [-0.15, -0.1) is 0 Å². The van der Waals surface area contributed by atoms with Gasteiger partial charge in [-0.3, -0.25) is 9.59 Å². The van der Waals surface area contributed by atoms with Gasteiger partial charge in [0, 0.05) is 38.4 Å². The van der Waals surface area contributed by atoms with E-state index in [0.29, 0.717) is 11.8 Å². The van der Waals surface area contributed by atoms with Crippen molar-refractivity contribution in [2.45, 2.75) is 44.9 Å². The van der Waals surface area contributed by atoms with Gasteiger partial charge in [-0.1, -0.05) is 60.7 Å². The monoisotopic (exact) mass is 461 g/mol. The quantitative estimate of drug-likeness (QED) is 0.638. The highest BCUT2D eigenvalue weighted by Gasteiger charge is 2.27. The van der Waals surface area contributed by atoms with Gasteiger partial charge < -0.3 is 15.1 Å². The maximum absolute atomic E-state index is 12.8. The van der Waals surface area contributed by atoms with E-state index < -0.39 is 0 Å². The Morgan fingerprint density at radius 2 is 1.41 bits per heavy atom. The molecule has 2 aromatic rings. The number of rotatable bonds is 8. The number of nitrogens with one attached hydrogen (secondary N) is 1. The highest BCUT2D eigenvalue weighted by atomic mass is 16.2. The van der Waals surface area contributed by atoms with Gasteiger partial charge in [-0.05, 0) is 68.8 Å². The topological polar surface area (TPSA) is 52.7 Å². The van der Waals surface area contributed by atoms with Gasteiger partial charge in [0.2, 0.25) is 11.8 Å². The van der Waals surface area contributed by atoms with Gasteiger partial charge in [0.1, 0.15) is 0 Å². The second-order valence-corrected chi connectivity index (χ2v) is 9.97. The fourth-order valence-corrected chi connectivity index (χ4v) is 5.47. The van der Waals surface area contributed by atoms with Gasteiger partial charge >= 0.3 is 0 Å². The fraction of sp³-hybridized carbons (Fsp3) is 0.517. The lowest BCUT2D eigenvalue weighted by atomic mass is 9.88. The number of hydrogen-bond acceptors (Lipinski definition) is 3. The molecule has 2 aliphatic rings. The van der Waals surface area contributed by atoms with Crippen molar-refractivity contribution in [2.24, 2.45) is 11.8 Å². The lowest BCUT2D eigenvalue weighted by molar-refractivity contribution is -0.131. The maximum Gasteiger partial charge on any atom is 0.223 e. The molecule has 1 N–H and O–H groups in total. The third-order valence-corrected chi connectivity index (χ3v) is 7.72. The lowest BCUT2D eigenvalue weighted by Crippen LogP contribution is -2.44. The molecule has 182 valence electrons. The first-order valence-electron chi connectivity index (χ1n) is 13.0. The van der Waals surface area contributed by atoms with E-state index in [9.17, 15) is 9.59 Å². The van der Waals surface area contributed by atoms with Gasteiger partial charge in [-0.25, -0.2) is 0 Å². The molecule has 2 amide bonds. The Morgan fingerprint density at radius 3 is 1.94 bits per heavy atom. The second kappa shape index (κ2) is 12.2. The molecular formula is C29H39N3O2. The number of carbonyl (C=O) groups excluding carboxylic acids is 2. The third-order valence-electron chi connectivity index (χ3n) is 7.72. The number of amides is 2. The van der Waals surface area contributed by atoms with Crippen LogP contribution in [-0.4, -0.2) is 60.9 Å². The molecule has 2 aliphatic heterocycles. The Morgan fingerprint density at radius 1 is 0.853 bits per heavy atom. The standard InChI is InChI=1S/C29H39N3O2/c1-23(33)32-20-12-24(13-21-32)22-30-29(34)27-14-17-31(18-15-27)19-16-28(25-8-4-2-5-9-25)26-10-6-3-7-11-26/h2-11,24,27-28H,12-22H2,1H3,(H,30,34). The number of benzene rings is 2. The summed E-state index contributed by atoms with van der Waals surface area (Å²) in [6, 6.07) is 21.6. The number of likely N-dealkylation sites (tertiary alicyclic amines) is 2. The Kier molecular flexibility index (Phi) is 8.75. The minimum Gasteiger partial charge on any atom is -0.356 e. The summed E-state index contributed by atoms with van der Waals surface area (Å²) in [5, 5.41) is 3.21. The van der Waals surface area contributed by atoms with Crippen molar-refractivity contribution < 1.29 is 9.59 Å². The molecule has 2 fully saturated rings. The minimum absolute atomic E-state index is 0.132. The predicted molar refractivity (Wildman–Crippen MR) is 136 cm³/mol. The molecule has 5 heteroatoms. The van der Waals surface area contributed by atoms with E-state index in [1.54, 1.807) is 6.92 Å². The van der Waals surface area contributed by atoms with Crippen molar-refractivity contribution in [1.29, 1.82) is 0 Å². The van der Waals surface area contributed by atoms with E-state index in [4.69, 9.17) is 0 Å². The van der Waals surface area contributed by atoms with Gasteiger partial charge in [0.15, 0.2) is 0 Å². The van der Waals surface area contributed by atoms with Crippen LogP contribution in [0.2, 0.25) is 0 Å². The van der Waals surface area contributed by atoms with Crippen LogP contribution in [0.25, 0.3) is 0 Å². The van der Waals surface area contributed by atoms with E-state index in [0.717, 1.165) is 71.4 Å². The summed E-state index contributed by atoms with van der Waals surface area (Å²) < 4.78 is 0. The third kappa shape index (κ3) is 6.69. The molecule has 0 spiro atoms. The zero-order valence-electron chi connectivity index (χ0n) is 20.5.